The van der Waals surface area contributed by atoms with Crippen molar-refractivity contribution < 1.29 is 13.9 Å². The summed E-state index contributed by atoms with van der Waals surface area (Å²) in [7, 11) is 0. The summed E-state index contributed by atoms with van der Waals surface area (Å²) in [5.74, 6) is 0.830. The normalized spacial score (nSPS) is 15.0. The summed E-state index contributed by atoms with van der Waals surface area (Å²) >= 11 is 4.63. The molecular formula is C25H14BrN3O4S. The molecule has 2 aromatic heterocycles. The second kappa shape index (κ2) is 8.19. The molecule has 1 unspecified atom stereocenters. The van der Waals surface area contributed by atoms with Crippen LogP contribution in [0.3, 0.4) is 0 Å². The Morgan fingerprint density at radius 3 is 2.59 bits per heavy atom. The Bertz CT molecular complexity index is 1600. The third-order valence-corrected chi connectivity index (χ3v) is 6.72. The summed E-state index contributed by atoms with van der Waals surface area (Å²) in [4.78, 5) is 28.6. The van der Waals surface area contributed by atoms with E-state index in [0.717, 1.165) is 4.47 Å². The summed E-state index contributed by atoms with van der Waals surface area (Å²) in [5, 5.41) is 8.76. The van der Waals surface area contributed by atoms with Crippen LogP contribution in [0.4, 0.5) is 5.13 Å². The van der Waals surface area contributed by atoms with E-state index in [4.69, 9.17) is 9.15 Å². The molecule has 0 saturated heterocycles. The number of benzene rings is 3. The summed E-state index contributed by atoms with van der Waals surface area (Å²) < 4.78 is 12.7. The Kier molecular flexibility index (Phi) is 5.00. The molecule has 0 aliphatic carbocycles. The van der Waals surface area contributed by atoms with E-state index in [9.17, 15) is 9.59 Å². The number of ether oxygens (including phenoxy) is 1. The van der Waals surface area contributed by atoms with Crippen molar-refractivity contribution in [3.05, 3.63) is 110 Å². The standard InChI is InChI=1S/C25H14BrN3O4S/c26-15-9-10-19-18(12-15)22(30)20-21(29(24(31)23(20)33-19)25-28-27-13-34-25)14-5-4-8-17(11-14)32-16-6-2-1-3-7-16/h1-13,21H. The van der Waals surface area contributed by atoms with E-state index in [-0.39, 0.29) is 16.8 Å². The van der Waals surface area contributed by atoms with E-state index in [1.807, 2.05) is 54.6 Å². The molecule has 0 N–H and O–H groups in total. The molecule has 1 atom stereocenters. The summed E-state index contributed by atoms with van der Waals surface area (Å²) in [5.41, 5.74) is 2.58. The van der Waals surface area contributed by atoms with Crippen LogP contribution in [0.5, 0.6) is 11.5 Å². The highest BCUT2D eigenvalue weighted by molar-refractivity contribution is 9.10. The summed E-state index contributed by atoms with van der Waals surface area (Å²) in [6.45, 7) is 0. The van der Waals surface area contributed by atoms with Gasteiger partial charge in [0.25, 0.3) is 5.91 Å². The first-order valence-corrected chi connectivity index (χ1v) is 12.0. The number of hydrogen-bond acceptors (Lipinski definition) is 7. The monoisotopic (exact) mass is 531 g/mol. The molecule has 0 spiro atoms. The Hall–Kier alpha value is -3.82. The molecule has 6 rings (SSSR count). The van der Waals surface area contributed by atoms with Crippen LogP contribution in [0.1, 0.15) is 27.7 Å². The van der Waals surface area contributed by atoms with E-state index in [0.29, 0.717) is 33.2 Å². The van der Waals surface area contributed by atoms with Gasteiger partial charge in [0.15, 0.2) is 5.43 Å². The minimum atomic E-state index is -0.741. The van der Waals surface area contributed by atoms with Crippen molar-refractivity contribution in [2.24, 2.45) is 0 Å². The summed E-state index contributed by atoms with van der Waals surface area (Å²) in [6.07, 6.45) is 0. The van der Waals surface area contributed by atoms with Gasteiger partial charge in [-0.05, 0) is 48.0 Å². The minimum Gasteiger partial charge on any atom is -0.457 e. The van der Waals surface area contributed by atoms with E-state index < -0.39 is 11.9 Å². The smallest absolute Gasteiger partial charge is 0.297 e. The van der Waals surface area contributed by atoms with Gasteiger partial charge < -0.3 is 9.15 Å². The van der Waals surface area contributed by atoms with E-state index in [2.05, 4.69) is 26.1 Å². The fraction of sp³-hybridized carbons (Fsp3) is 0.0400. The molecule has 0 saturated carbocycles. The molecule has 1 aliphatic rings. The Morgan fingerprint density at radius 2 is 1.79 bits per heavy atom. The van der Waals surface area contributed by atoms with Crippen molar-refractivity contribution in [3.8, 4) is 11.5 Å². The molecule has 5 aromatic rings. The topological polar surface area (TPSA) is 85.5 Å². The van der Waals surface area contributed by atoms with Crippen LogP contribution in [0.15, 0.2) is 92.0 Å². The first-order valence-electron chi connectivity index (χ1n) is 10.3. The fourth-order valence-corrected chi connectivity index (χ4v) is 5.05. The number of anilines is 1. The molecule has 166 valence electrons. The average molecular weight is 532 g/mol. The Morgan fingerprint density at radius 1 is 0.971 bits per heavy atom. The maximum atomic E-state index is 13.7. The first kappa shape index (κ1) is 20.8. The molecule has 1 amide bonds. The zero-order chi connectivity index (χ0) is 23.2. The van der Waals surface area contributed by atoms with Gasteiger partial charge >= 0.3 is 0 Å². The van der Waals surface area contributed by atoms with Crippen molar-refractivity contribution in [1.29, 1.82) is 0 Å². The number of rotatable bonds is 4. The van der Waals surface area contributed by atoms with Crippen molar-refractivity contribution in [2.45, 2.75) is 6.04 Å². The van der Waals surface area contributed by atoms with E-state index >= 15 is 0 Å². The second-order valence-corrected chi connectivity index (χ2v) is 9.33. The molecule has 34 heavy (non-hydrogen) atoms. The van der Waals surface area contributed by atoms with Gasteiger partial charge in [-0.2, -0.15) is 0 Å². The minimum absolute atomic E-state index is 0.00871. The number of nitrogens with zero attached hydrogens (tertiary/aromatic N) is 3. The number of halogens is 1. The summed E-state index contributed by atoms with van der Waals surface area (Å²) in [6, 6.07) is 21.1. The zero-order valence-corrected chi connectivity index (χ0v) is 19.7. The third kappa shape index (κ3) is 3.41. The number of amides is 1. The van der Waals surface area contributed by atoms with Crippen LogP contribution < -0.4 is 15.1 Å². The number of para-hydroxylation sites is 1. The SMILES string of the molecule is O=C1c2oc3ccc(Br)cc3c(=O)c2C(c2cccc(Oc3ccccc3)c2)N1c1nncs1. The van der Waals surface area contributed by atoms with Gasteiger partial charge in [0, 0.05) is 4.47 Å². The van der Waals surface area contributed by atoms with Crippen LogP contribution in [0.25, 0.3) is 11.0 Å². The molecule has 0 radical (unpaired) electrons. The fourth-order valence-electron chi connectivity index (χ4n) is 4.10. The number of aromatic nitrogens is 2. The van der Waals surface area contributed by atoms with Crippen LogP contribution in [0.2, 0.25) is 0 Å². The van der Waals surface area contributed by atoms with Gasteiger partial charge in [-0.1, -0.05) is 57.6 Å². The molecule has 0 fully saturated rings. The lowest BCUT2D eigenvalue weighted by Gasteiger charge is -2.22. The highest BCUT2D eigenvalue weighted by Gasteiger charge is 2.45. The molecule has 3 heterocycles. The quantitative estimate of drug-likeness (QED) is 0.285. The van der Waals surface area contributed by atoms with Crippen molar-refractivity contribution in [3.63, 3.8) is 0 Å². The van der Waals surface area contributed by atoms with Crippen LogP contribution >= 0.6 is 27.3 Å². The van der Waals surface area contributed by atoms with Gasteiger partial charge in [0.1, 0.15) is 22.6 Å². The lowest BCUT2D eigenvalue weighted by molar-refractivity contribution is 0.0970. The number of carbonyl (C=O) groups excluding carboxylic acids is 1. The van der Waals surface area contributed by atoms with E-state index in [1.54, 1.807) is 23.7 Å². The molecule has 9 heteroatoms. The van der Waals surface area contributed by atoms with Crippen molar-refractivity contribution in [1.82, 2.24) is 10.2 Å². The second-order valence-electron chi connectivity index (χ2n) is 7.60. The highest BCUT2D eigenvalue weighted by atomic mass is 79.9. The van der Waals surface area contributed by atoms with Crippen molar-refractivity contribution >= 4 is 49.3 Å². The Labute approximate surface area is 205 Å². The van der Waals surface area contributed by atoms with Crippen LogP contribution in [0, 0.1) is 0 Å². The zero-order valence-electron chi connectivity index (χ0n) is 17.3. The van der Waals surface area contributed by atoms with Crippen LogP contribution in [-0.4, -0.2) is 16.1 Å². The Balaban J connectivity index is 1.55. The lowest BCUT2D eigenvalue weighted by atomic mass is 9.98. The predicted molar refractivity (Wildman–Crippen MR) is 132 cm³/mol. The maximum Gasteiger partial charge on any atom is 0.297 e. The number of carbonyl (C=O) groups is 1. The molecule has 7 nitrogen and oxygen atoms in total. The predicted octanol–water partition coefficient (Wildman–Crippen LogP) is 5.95. The van der Waals surface area contributed by atoms with Gasteiger partial charge in [0.2, 0.25) is 10.9 Å². The first-order chi connectivity index (χ1) is 16.6. The van der Waals surface area contributed by atoms with Gasteiger partial charge in [0.05, 0.1) is 17.0 Å². The number of hydrogen-bond donors (Lipinski definition) is 0. The number of fused-ring (bicyclic) bond motifs is 2. The van der Waals surface area contributed by atoms with Gasteiger partial charge in [-0.15, -0.1) is 10.2 Å². The largest absolute Gasteiger partial charge is 0.457 e. The van der Waals surface area contributed by atoms with E-state index in [1.165, 1.54) is 16.2 Å². The highest BCUT2D eigenvalue weighted by Crippen LogP contribution is 2.42. The molecule has 0 bridgehead atoms. The van der Waals surface area contributed by atoms with Crippen LogP contribution in [-0.2, 0) is 0 Å². The van der Waals surface area contributed by atoms with Gasteiger partial charge in [-0.3, -0.25) is 14.5 Å². The molecular weight excluding hydrogens is 518 g/mol. The van der Waals surface area contributed by atoms with Gasteiger partial charge in [-0.25, -0.2) is 0 Å². The molecule has 3 aromatic carbocycles. The maximum absolute atomic E-state index is 13.7. The average Bonchev–Trinajstić information content (AvgIpc) is 3.47. The van der Waals surface area contributed by atoms with Crippen molar-refractivity contribution in [2.75, 3.05) is 4.90 Å². The third-order valence-electron chi connectivity index (χ3n) is 5.54. The molecule has 1 aliphatic heterocycles. The lowest BCUT2D eigenvalue weighted by Crippen LogP contribution is -2.29.